The highest BCUT2D eigenvalue weighted by Gasteiger charge is 2.29. The van der Waals surface area contributed by atoms with Gasteiger partial charge in [0.15, 0.2) is 0 Å². The number of aliphatic carboxylic acids is 1. The third-order valence-electron chi connectivity index (χ3n) is 2.96. The number of esters is 1. The number of hydrogen-bond acceptors (Lipinski definition) is 5. The smallest absolute Gasteiger partial charge is 0.413 e. The van der Waals surface area contributed by atoms with Crippen LogP contribution in [-0.4, -0.2) is 46.9 Å². The standard InChI is InChI=1S/C15H27NO6/c1-5-6-7-8-9-13(19)21-11-22-14(20)16(10-12(17)18)15(2,3)4/h5-11H2,1-4H3,(H,17,18). The maximum absolute atomic E-state index is 11.9. The molecule has 22 heavy (non-hydrogen) atoms. The van der Waals surface area contributed by atoms with Crippen molar-refractivity contribution < 1.29 is 29.0 Å². The maximum Gasteiger partial charge on any atom is 0.413 e. The van der Waals surface area contributed by atoms with Gasteiger partial charge < -0.3 is 14.6 Å². The van der Waals surface area contributed by atoms with Gasteiger partial charge in [0.2, 0.25) is 6.79 Å². The second-order valence-corrected chi connectivity index (χ2v) is 6.01. The van der Waals surface area contributed by atoms with Crippen LogP contribution in [0, 0.1) is 0 Å². The first-order valence-electron chi connectivity index (χ1n) is 7.50. The molecule has 0 fully saturated rings. The highest BCUT2D eigenvalue weighted by atomic mass is 16.7. The van der Waals surface area contributed by atoms with E-state index >= 15 is 0 Å². The molecule has 0 aromatic heterocycles. The van der Waals surface area contributed by atoms with Crippen LogP contribution in [0.4, 0.5) is 4.79 Å². The van der Waals surface area contributed by atoms with Crippen LogP contribution in [0.5, 0.6) is 0 Å². The third-order valence-corrected chi connectivity index (χ3v) is 2.96. The minimum atomic E-state index is -1.14. The maximum atomic E-state index is 11.9. The fourth-order valence-corrected chi connectivity index (χ4v) is 1.70. The molecule has 1 amide bonds. The van der Waals surface area contributed by atoms with Gasteiger partial charge in [-0.05, 0) is 27.2 Å². The van der Waals surface area contributed by atoms with E-state index in [1.54, 1.807) is 20.8 Å². The molecule has 0 saturated heterocycles. The number of unbranched alkanes of at least 4 members (excludes halogenated alkanes) is 3. The monoisotopic (exact) mass is 317 g/mol. The first kappa shape index (κ1) is 20.2. The minimum absolute atomic E-state index is 0.287. The molecule has 0 unspecified atom stereocenters. The highest BCUT2D eigenvalue weighted by molar-refractivity contribution is 5.77. The Kier molecular flexibility index (Phi) is 9.21. The van der Waals surface area contributed by atoms with Crippen molar-refractivity contribution in [1.29, 1.82) is 0 Å². The van der Waals surface area contributed by atoms with Crippen LogP contribution in [0.1, 0.15) is 59.8 Å². The van der Waals surface area contributed by atoms with E-state index in [2.05, 4.69) is 6.92 Å². The van der Waals surface area contributed by atoms with Crippen LogP contribution in [0.3, 0.4) is 0 Å². The Morgan fingerprint density at radius 3 is 2.18 bits per heavy atom. The van der Waals surface area contributed by atoms with Crippen molar-refractivity contribution in [3.63, 3.8) is 0 Å². The molecule has 7 nitrogen and oxygen atoms in total. The molecule has 1 N–H and O–H groups in total. The normalized spacial score (nSPS) is 10.9. The minimum Gasteiger partial charge on any atom is -0.480 e. The van der Waals surface area contributed by atoms with Gasteiger partial charge in [-0.1, -0.05) is 26.2 Å². The van der Waals surface area contributed by atoms with Crippen molar-refractivity contribution in [2.45, 2.75) is 65.3 Å². The number of carbonyl (C=O) groups excluding carboxylic acids is 2. The summed E-state index contributed by atoms with van der Waals surface area (Å²) in [6.07, 6.45) is 3.32. The number of carbonyl (C=O) groups is 3. The Morgan fingerprint density at radius 2 is 1.68 bits per heavy atom. The largest absolute Gasteiger partial charge is 0.480 e. The van der Waals surface area contributed by atoms with Gasteiger partial charge in [0.05, 0.1) is 0 Å². The van der Waals surface area contributed by atoms with E-state index in [9.17, 15) is 14.4 Å². The molecule has 128 valence electrons. The molecule has 0 saturated carbocycles. The predicted octanol–water partition coefficient (Wildman–Crippen LogP) is 2.78. The summed E-state index contributed by atoms with van der Waals surface area (Å²) in [6, 6.07) is 0. The second-order valence-electron chi connectivity index (χ2n) is 6.01. The SMILES string of the molecule is CCCCCCC(=O)OCOC(=O)N(CC(=O)O)C(C)(C)C. The molecule has 0 aromatic carbocycles. The summed E-state index contributed by atoms with van der Waals surface area (Å²) in [6.45, 7) is 6.17. The predicted molar refractivity (Wildman–Crippen MR) is 80.3 cm³/mol. The van der Waals surface area contributed by atoms with Crippen LogP contribution in [-0.2, 0) is 19.1 Å². The third kappa shape index (κ3) is 9.20. The van der Waals surface area contributed by atoms with Crippen LogP contribution < -0.4 is 0 Å². The van der Waals surface area contributed by atoms with E-state index in [0.717, 1.165) is 30.6 Å². The summed E-state index contributed by atoms with van der Waals surface area (Å²) >= 11 is 0. The second kappa shape index (κ2) is 10.0. The molecule has 0 aromatic rings. The lowest BCUT2D eigenvalue weighted by atomic mass is 10.1. The zero-order valence-electron chi connectivity index (χ0n) is 13.9. The molecule has 0 atom stereocenters. The van der Waals surface area contributed by atoms with Crippen LogP contribution in [0.2, 0.25) is 0 Å². The van der Waals surface area contributed by atoms with Crippen molar-refractivity contribution in [2.24, 2.45) is 0 Å². The van der Waals surface area contributed by atoms with Crippen LogP contribution >= 0.6 is 0 Å². The Labute approximate surface area is 131 Å². The van der Waals surface area contributed by atoms with Crippen molar-refractivity contribution >= 4 is 18.0 Å². The number of nitrogens with zero attached hydrogens (tertiary/aromatic N) is 1. The van der Waals surface area contributed by atoms with Gasteiger partial charge in [-0.15, -0.1) is 0 Å². The van der Waals surface area contributed by atoms with E-state index in [4.69, 9.17) is 14.6 Å². The van der Waals surface area contributed by atoms with E-state index in [1.807, 2.05) is 0 Å². The summed E-state index contributed by atoms with van der Waals surface area (Å²) in [7, 11) is 0. The number of rotatable bonds is 9. The first-order valence-corrected chi connectivity index (χ1v) is 7.50. The zero-order chi connectivity index (χ0) is 17.2. The van der Waals surface area contributed by atoms with Crippen LogP contribution in [0.15, 0.2) is 0 Å². The summed E-state index contributed by atoms with van der Waals surface area (Å²) in [5.41, 5.74) is -0.709. The summed E-state index contributed by atoms with van der Waals surface area (Å²) in [5.74, 6) is -1.57. The average molecular weight is 317 g/mol. The number of carboxylic acid groups (broad SMARTS) is 1. The van der Waals surface area contributed by atoms with Gasteiger partial charge >= 0.3 is 18.0 Å². The Balaban J connectivity index is 4.13. The van der Waals surface area contributed by atoms with Gasteiger partial charge in [-0.3, -0.25) is 14.5 Å². The van der Waals surface area contributed by atoms with Crippen molar-refractivity contribution in [3.05, 3.63) is 0 Å². The summed E-state index contributed by atoms with van der Waals surface area (Å²) in [4.78, 5) is 35.1. The number of ether oxygens (including phenoxy) is 2. The van der Waals surface area contributed by atoms with Crippen molar-refractivity contribution in [3.8, 4) is 0 Å². The number of carboxylic acids is 1. The average Bonchev–Trinajstić information content (AvgIpc) is 2.39. The molecule has 0 radical (unpaired) electrons. The Hall–Kier alpha value is -1.79. The van der Waals surface area contributed by atoms with Gasteiger partial charge in [-0.2, -0.15) is 0 Å². The molecule has 0 aliphatic heterocycles. The van der Waals surface area contributed by atoms with Crippen molar-refractivity contribution in [2.75, 3.05) is 13.3 Å². The lowest BCUT2D eigenvalue weighted by Crippen LogP contribution is -2.48. The van der Waals surface area contributed by atoms with Crippen LogP contribution in [0.25, 0.3) is 0 Å². The molecular weight excluding hydrogens is 290 g/mol. The molecule has 0 heterocycles. The van der Waals surface area contributed by atoms with Gasteiger partial charge in [-0.25, -0.2) is 4.79 Å². The van der Waals surface area contributed by atoms with E-state index in [0.29, 0.717) is 0 Å². The fourth-order valence-electron chi connectivity index (χ4n) is 1.70. The molecule has 0 spiro atoms. The molecule has 0 bridgehead atoms. The molecule has 0 aliphatic rings. The van der Waals surface area contributed by atoms with E-state index in [-0.39, 0.29) is 6.42 Å². The quantitative estimate of drug-likeness (QED) is 0.399. The zero-order valence-corrected chi connectivity index (χ0v) is 13.9. The first-order chi connectivity index (χ1) is 10.2. The molecule has 7 heteroatoms. The Bertz CT molecular complexity index is 375. The lowest BCUT2D eigenvalue weighted by molar-refractivity contribution is -0.153. The number of hydrogen-bond donors (Lipinski definition) is 1. The summed E-state index contributed by atoms with van der Waals surface area (Å²) < 4.78 is 9.61. The molecular formula is C15H27NO6. The molecule has 0 aliphatic carbocycles. The van der Waals surface area contributed by atoms with Gasteiger partial charge in [0.1, 0.15) is 6.54 Å². The van der Waals surface area contributed by atoms with Gasteiger partial charge in [0, 0.05) is 12.0 Å². The number of amides is 1. The van der Waals surface area contributed by atoms with E-state index < -0.39 is 36.9 Å². The topological polar surface area (TPSA) is 93.1 Å². The van der Waals surface area contributed by atoms with E-state index in [1.165, 1.54) is 0 Å². The van der Waals surface area contributed by atoms with Crippen molar-refractivity contribution in [1.82, 2.24) is 4.90 Å². The lowest BCUT2D eigenvalue weighted by Gasteiger charge is -2.33. The summed E-state index contributed by atoms with van der Waals surface area (Å²) in [5, 5.41) is 8.82. The van der Waals surface area contributed by atoms with Gasteiger partial charge in [0.25, 0.3) is 0 Å². The Morgan fingerprint density at radius 1 is 1.05 bits per heavy atom. The highest BCUT2D eigenvalue weighted by Crippen LogP contribution is 2.14. The molecule has 0 rings (SSSR count). The fraction of sp³-hybridized carbons (Fsp3) is 0.800.